The fourth-order valence-electron chi connectivity index (χ4n) is 1.74. The van der Waals surface area contributed by atoms with Crippen LogP contribution in [-0.4, -0.2) is 11.2 Å². The lowest BCUT2D eigenvalue weighted by molar-refractivity contribution is 0.0535. The molecule has 0 aliphatic carbocycles. The maximum atomic E-state index is 9.88. The summed E-state index contributed by atoms with van der Waals surface area (Å²) in [7, 11) is 0. The number of rotatable bonds is 5. The van der Waals surface area contributed by atoms with Crippen LogP contribution in [-0.2, 0) is 6.42 Å². The van der Waals surface area contributed by atoms with Crippen LogP contribution in [0.15, 0.2) is 30.3 Å². The standard InChI is InChI=1S/C15H24O/c1-15(2,3)14(16)12-8-7-11-13-9-5-4-6-10-13/h4-6,9-10,14,16H,7-8,11-12H2,1-3H3. The van der Waals surface area contributed by atoms with Gasteiger partial charge in [0.2, 0.25) is 0 Å². The van der Waals surface area contributed by atoms with Crippen molar-refractivity contribution in [3.05, 3.63) is 35.9 Å². The number of unbranched alkanes of at least 4 members (excludes halogenated alkanes) is 1. The summed E-state index contributed by atoms with van der Waals surface area (Å²) in [6.45, 7) is 6.28. The zero-order valence-corrected chi connectivity index (χ0v) is 10.7. The van der Waals surface area contributed by atoms with Gasteiger partial charge in [0.25, 0.3) is 0 Å². The SMILES string of the molecule is CC(C)(C)C(O)CCCCc1ccccc1. The second-order valence-electron chi connectivity index (χ2n) is 5.61. The summed E-state index contributed by atoms with van der Waals surface area (Å²) in [4.78, 5) is 0. The lowest BCUT2D eigenvalue weighted by Crippen LogP contribution is -2.25. The predicted molar refractivity (Wildman–Crippen MR) is 69.5 cm³/mol. The van der Waals surface area contributed by atoms with Crippen molar-refractivity contribution < 1.29 is 5.11 Å². The highest BCUT2D eigenvalue weighted by molar-refractivity contribution is 5.14. The largest absolute Gasteiger partial charge is 0.393 e. The van der Waals surface area contributed by atoms with Crippen LogP contribution >= 0.6 is 0 Å². The molecule has 0 heterocycles. The highest BCUT2D eigenvalue weighted by atomic mass is 16.3. The average molecular weight is 220 g/mol. The second kappa shape index (κ2) is 6.05. The molecule has 1 aromatic carbocycles. The molecule has 1 unspecified atom stereocenters. The fraction of sp³-hybridized carbons (Fsp3) is 0.600. The molecule has 1 N–H and O–H groups in total. The Bertz CT molecular complexity index is 284. The molecule has 16 heavy (non-hydrogen) atoms. The molecular weight excluding hydrogens is 196 g/mol. The van der Waals surface area contributed by atoms with E-state index in [4.69, 9.17) is 0 Å². The van der Waals surface area contributed by atoms with Gasteiger partial charge >= 0.3 is 0 Å². The molecule has 0 amide bonds. The van der Waals surface area contributed by atoms with Gasteiger partial charge in [-0.1, -0.05) is 57.5 Å². The van der Waals surface area contributed by atoms with Crippen LogP contribution in [0.2, 0.25) is 0 Å². The Balaban J connectivity index is 2.18. The molecule has 1 atom stereocenters. The monoisotopic (exact) mass is 220 g/mol. The van der Waals surface area contributed by atoms with Crippen LogP contribution in [0.5, 0.6) is 0 Å². The van der Waals surface area contributed by atoms with E-state index in [0.717, 1.165) is 25.7 Å². The third-order valence-corrected chi connectivity index (χ3v) is 3.04. The molecule has 90 valence electrons. The Kier molecular flexibility index (Phi) is 5.01. The van der Waals surface area contributed by atoms with E-state index in [-0.39, 0.29) is 11.5 Å². The third kappa shape index (κ3) is 4.80. The molecule has 0 spiro atoms. The Morgan fingerprint density at radius 1 is 1.06 bits per heavy atom. The van der Waals surface area contributed by atoms with Crippen molar-refractivity contribution in [2.75, 3.05) is 0 Å². The van der Waals surface area contributed by atoms with Crippen molar-refractivity contribution in [3.63, 3.8) is 0 Å². The molecule has 0 aliphatic rings. The summed E-state index contributed by atoms with van der Waals surface area (Å²) >= 11 is 0. The minimum absolute atomic E-state index is 0.0206. The number of aryl methyl sites for hydroxylation is 1. The van der Waals surface area contributed by atoms with Gasteiger partial charge in [0.1, 0.15) is 0 Å². The summed E-state index contributed by atoms with van der Waals surface area (Å²) in [5, 5.41) is 9.88. The molecule has 1 rings (SSSR count). The minimum atomic E-state index is -0.178. The van der Waals surface area contributed by atoms with Gasteiger partial charge in [-0.15, -0.1) is 0 Å². The summed E-state index contributed by atoms with van der Waals surface area (Å²) in [5.74, 6) is 0. The first-order valence-electron chi connectivity index (χ1n) is 6.22. The average Bonchev–Trinajstić information content (AvgIpc) is 2.24. The predicted octanol–water partition coefficient (Wildman–Crippen LogP) is 3.81. The Labute approximate surface area is 99.5 Å². The van der Waals surface area contributed by atoms with Crippen molar-refractivity contribution in [1.29, 1.82) is 0 Å². The first-order chi connectivity index (χ1) is 7.50. The number of hydrogen-bond donors (Lipinski definition) is 1. The van der Waals surface area contributed by atoms with Gasteiger partial charge in [0.15, 0.2) is 0 Å². The molecule has 0 fully saturated rings. The van der Waals surface area contributed by atoms with E-state index < -0.39 is 0 Å². The van der Waals surface area contributed by atoms with E-state index in [2.05, 4.69) is 45.0 Å². The molecule has 0 aliphatic heterocycles. The van der Waals surface area contributed by atoms with Crippen LogP contribution in [0.1, 0.15) is 45.6 Å². The van der Waals surface area contributed by atoms with Crippen LogP contribution in [0, 0.1) is 5.41 Å². The third-order valence-electron chi connectivity index (χ3n) is 3.04. The quantitative estimate of drug-likeness (QED) is 0.748. The molecule has 0 aromatic heterocycles. The number of benzene rings is 1. The van der Waals surface area contributed by atoms with E-state index >= 15 is 0 Å². The maximum Gasteiger partial charge on any atom is 0.0588 e. The lowest BCUT2D eigenvalue weighted by Gasteiger charge is -2.25. The molecule has 1 aromatic rings. The van der Waals surface area contributed by atoms with Gasteiger partial charge in [-0.05, 0) is 30.2 Å². The lowest BCUT2D eigenvalue weighted by atomic mass is 9.86. The molecule has 0 saturated carbocycles. The molecular formula is C15H24O. The van der Waals surface area contributed by atoms with E-state index in [1.807, 2.05) is 6.07 Å². The van der Waals surface area contributed by atoms with Crippen molar-refractivity contribution in [2.24, 2.45) is 5.41 Å². The highest BCUT2D eigenvalue weighted by Crippen LogP contribution is 2.23. The van der Waals surface area contributed by atoms with Gasteiger partial charge < -0.3 is 5.11 Å². The number of aliphatic hydroxyl groups is 1. The fourth-order valence-corrected chi connectivity index (χ4v) is 1.74. The Morgan fingerprint density at radius 2 is 1.69 bits per heavy atom. The van der Waals surface area contributed by atoms with Crippen LogP contribution in [0.3, 0.4) is 0 Å². The first kappa shape index (κ1) is 13.2. The zero-order valence-electron chi connectivity index (χ0n) is 10.7. The highest BCUT2D eigenvalue weighted by Gasteiger charge is 2.20. The second-order valence-corrected chi connectivity index (χ2v) is 5.61. The topological polar surface area (TPSA) is 20.2 Å². The first-order valence-corrected chi connectivity index (χ1v) is 6.22. The van der Waals surface area contributed by atoms with Crippen molar-refractivity contribution >= 4 is 0 Å². The molecule has 0 saturated heterocycles. The maximum absolute atomic E-state index is 9.88. The van der Waals surface area contributed by atoms with Gasteiger partial charge in [-0.3, -0.25) is 0 Å². The van der Waals surface area contributed by atoms with E-state index in [9.17, 15) is 5.11 Å². The molecule has 1 nitrogen and oxygen atoms in total. The molecule has 0 radical (unpaired) electrons. The van der Waals surface area contributed by atoms with Crippen molar-refractivity contribution in [3.8, 4) is 0 Å². The van der Waals surface area contributed by atoms with E-state index in [0.29, 0.717) is 0 Å². The number of aliphatic hydroxyl groups excluding tert-OH is 1. The normalized spacial score (nSPS) is 13.8. The van der Waals surface area contributed by atoms with Crippen LogP contribution < -0.4 is 0 Å². The van der Waals surface area contributed by atoms with E-state index in [1.54, 1.807) is 0 Å². The van der Waals surface area contributed by atoms with Gasteiger partial charge in [0, 0.05) is 0 Å². The zero-order chi connectivity index (χ0) is 12.0. The van der Waals surface area contributed by atoms with Gasteiger partial charge in [-0.25, -0.2) is 0 Å². The van der Waals surface area contributed by atoms with Crippen molar-refractivity contribution in [2.45, 2.75) is 52.6 Å². The molecule has 1 heteroatoms. The smallest absolute Gasteiger partial charge is 0.0588 e. The van der Waals surface area contributed by atoms with Crippen molar-refractivity contribution in [1.82, 2.24) is 0 Å². The van der Waals surface area contributed by atoms with Crippen LogP contribution in [0.25, 0.3) is 0 Å². The summed E-state index contributed by atoms with van der Waals surface area (Å²) in [5.41, 5.74) is 1.42. The Hall–Kier alpha value is -0.820. The van der Waals surface area contributed by atoms with Gasteiger partial charge in [-0.2, -0.15) is 0 Å². The summed E-state index contributed by atoms with van der Waals surface area (Å²) < 4.78 is 0. The minimum Gasteiger partial charge on any atom is -0.393 e. The van der Waals surface area contributed by atoms with E-state index in [1.165, 1.54) is 5.56 Å². The van der Waals surface area contributed by atoms with Crippen LogP contribution in [0.4, 0.5) is 0 Å². The Morgan fingerprint density at radius 3 is 2.25 bits per heavy atom. The van der Waals surface area contributed by atoms with Gasteiger partial charge in [0.05, 0.1) is 6.10 Å². The molecule has 0 bridgehead atoms. The summed E-state index contributed by atoms with van der Waals surface area (Å²) in [6, 6.07) is 10.5. The number of hydrogen-bond acceptors (Lipinski definition) is 1. The summed E-state index contributed by atoms with van der Waals surface area (Å²) in [6.07, 6.45) is 4.13.